The molecule has 0 aliphatic rings. The van der Waals surface area contributed by atoms with Crippen LogP contribution in [0.25, 0.3) is 11.4 Å². The largest absolute Gasteiger partial charge is 0.300 e. The molecule has 0 saturated heterocycles. The second-order valence-corrected chi connectivity index (χ2v) is 5.35. The van der Waals surface area contributed by atoms with Crippen molar-refractivity contribution < 1.29 is 0 Å². The van der Waals surface area contributed by atoms with Gasteiger partial charge in [0.1, 0.15) is 0 Å². The van der Waals surface area contributed by atoms with Crippen LogP contribution in [0.2, 0.25) is 0 Å². The summed E-state index contributed by atoms with van der Waals surface area (Å²) in [4.78, 5) is 0. The lowest BCUT2D eigenvalue weighted by molar-refractivity contribution is 0.639. The quantitative estimate of drug-likeness (QED) is 0.714. The van der Waals surface area contributed by atoms with Crippen LogP contribution in [0.1, 0.15) is 12.0 Å². The molecule has 1 N–H and O–H groups in total. The van der Waals surface area contributed by atoms with Gasteiger partial charge in [-0.2, -0.15) is 5.10 Å². The van der Waals surface area contributed by atoms with Gasteiger partial charge in [0.05, 0.1) is 0 Å². The summed E-state index contributed by atoms with van der Waals surface area (Å²) in [5, 5.41) is 7.26. The van der Waals surface area contributed by atoms with Gasteiger partial charge in [0, 0.05) is 12.1 Å². The molecule has 0 bridgehead atoms. The van der Waals surface area contributed by atoms with Gasteiger partial charge < -0.3 is 4.57 Å². The van der Waals surface area contributed by atoms with Gasteiger partial charge in [-0.25, -0.2) is 0 Å². The van der Waals surface area contributed by atoms with E-state index in [1.54, 1.807) is 0 Å². The highest BCUT2D eigenvalue weighted by atomic mass is 32.1. The summed E-state index contributed by atoms with van der Waals surface area (Å²) in [6.07, 6.45) is 2.08. The van der Waals surface area contributed by atoms with Crippen molar-refractivity contribution in [3.05, 3.63) is 71.0 Å². The zero-order valence-corrected chi connectivity index (χ0v) is 12.5. The fourth-order valence-electron chi connectivity index (χ4n) is 2.42. The third-order valence-electron chi connectivity index (χ3n) is 3.48. The lowest BCUT2D eigenvalue weighted by Gasteiger charge is -2.07. The fraction of sp³-hybridized carbons (Fsp3) is 0.176. The third kappa shape index (κ3) is 3.28. The smallest absolute Gasteiger partial charge is 0.195 e. The van der Waals surface area contributed by atoms with E-state index in [2.05, 4.69) is 51.2 Å². The first-order chi connectivity index (χ1) is 10.3. The standard InChI is InChI=1S/C17H17N3S/c21-17-19-18-16(15-11-5-2-6-12-15)20(17)13-7-10-14-8-3-1-4-9-14/h1-6,8-9,11-12H,7,10,13H2,(H,19,21). The van der Waals surface area contributed by atoms with E-state index < -0.39 is 0 Å². The van der Waals surface area contributed by atoms with Gasteiger partial charge >= 0.3 is 0 Å². The molecule has 0 unspecified atom stereocenters. The van der Waals surface area contributed by atoms with Crippen LogP contribution in [0.3, 0.4) is 0 Å². The van der Waals surface area contributed by atoms with Gasteiger partial charge in [0.15, 0.2) is 10.6 Å². The summed E-state index contributed by atoms with van der Waals surface area (Å²) >= 11 is 5.35. The lowest BCUT2D eigenvalue weighted by Crippen LogP contribution is -2.02. The van der Waals surface area contributed by atoms with E-state index in [1.807, 2.05) is 24.3 Å². The van der Waals surface area contributed by atoms with Crippen molar-refractivity contribution in [3.8, 4) is 11.4 Å². The van der Waals surface area contributed by atoms with Gasteiger partial charge in [-0.15, -0.1) is 0 Å². The molecule has 1 heterocycles. The highest BCUT2D eigenvalue weighted by molar-refractivity contribution is 7.71. The Kier molecular flexibility index (Phi) is 4.26. The summed E-state index contributed by atoms with van der Waals surface area (Å²) in [6.45, 7) is 0.869. The topological polar surface area (TPSA) is 33.6 Å². The highest BCUT2D eigenvalue weighted by Gasteiger charge is 2.07. The van der Waals surface area contributed by atoms with Crippen LogP contribution in [0, 0.1) is 4.77 Å². The van der Waals surface area contributed by atoms with E-state index in [9.17, 15) is 0 Å². The van der Waals surface area contributed by atoms with Crippen LogP contribution in [-0.4, -0.2) is 14.8 Å². The maximum atomic E-state index is 5.35. The molecular weight excluding hydrogens is 278 g/mol. The highest BCUT2D eigenvalue weighted by Crippen LogP contribution is 2.17. The van der Waals surface area contributed by atoms with Crippen molar-refractivity contribution >= 4 is 12.2 Å². The van der Waals surface area contributed by atoms with E-state index in [0.29, 0.717) is 4.77 Å². The number of H-pyrrole nitrogens is 1. The maximum absolute atomic E-state index is 5.35. The number of nitrogens with zero attached hydrogens (tertiary/aromatic N) is 2. The number of aromatic amines is 1. The average molecular weight is 295 g/mol. The van der Waals surface area contributed by atoms with E-state index in [4.69, 9.17) is 12.2 Å². The molecule has 21 heavy (non-hydrogen) atoms. The van der Waals surface area contributed by atoms with Crippen LogP contribution in [0.15, 0.2) is 60.7 Å². The monoisotopic (exact) mass is 295 g/mol. The van der Waals surface area contributed by atoms with E-state index in [1.165, 1.54) is 5.56 Å². The minimum Gasteiger partial charge on any atom is -0.300 e. The predicted molar refractivity (Wildman–Crippen MR) is 87.6 cm³/mol. The molecule has 0 fully saturated rings. The summed E-state index contributed by atoms with van der Waals surface area (Å²) in [5.41, 5.74) is 2.44. The Morgan fingerprint density at radius 1 is 0.952 bits per heavy atom. The Bertz CT molecular complexity index is 744. The minimum absolute atomic E-state index is 0.682. The van der Waals surface area contributed by atoms with Crippen molar-refractivity contribution in [2.45, 2.75) is 19.4 Å². The number of nitrogens with one attached hydrogen (secondary N) is 1. The van der Waals surface area contributed by atoms with Crippen molar-refractivity contribution in [1.29, 1.82) is 0 Å². The first kappa shape index (κ1) is 13.8. The van der Waals surface area contributed by atoms with Crippen LogP contribution in [-0.2, 0) is 13.0 Å². The molecule has 0 spiro atoms. The molecule has 0 amide bonds. The Morgan fingerprint density at radius 3 is 2.33 bits per heavy atom. The average Bonchev–Trinajstić information content (AvgIpc) is 2.91. The number of aryl methyl sites for hydroxylation is 1. The fourth-order valence-corrected chi connectivity index (χ4v) is 2.64. The molecule has 0 atom stereocenters. The normalized spacial score (nSPS) is 10.7. The maximum Gasteiger partial charge on any atom is 0.195 e. The van der Waals surface area contributed by atoms with Gasteiger partial charge in [-0.3, -0.25) is 5.10 Å². The first-order valence-electron chi connectivity index (χ1n) is 7.09. The van der Waals surface area contributed by atoms with E-state index in [-0.39, 0.29) is 0 Å². The van der Waals surface area contributed by atoms with Crippen molar-refractivity contribution in [1.82, 2.24) is 14.8 Å². The number of hydrogen-bond acceptors (Lipinski definition) is 2. The zero-order chi connectivity index (χ0) is 14.5. The Balaban J connectivity index is 1.74. The number of hydrogen-bond donors (Lipinski definition) is 1. The minimum atomic E-state index is 0.682. The summed E-state index contributed by atoms with van der Waals surface area (Å²) in [5.74, 6) is 0.911. The first-order valence-corrected chi connectivity index (χ1v) is 7.50. The van der Waals surface area contributed by atoms with Crippen LogP contribution in [0.4, 0.5) is 0 Å². The summed E-state index contributed by atoms with van der Waals surface area (Å²) in [6, 6.07) is 20.7. The second-order valence-electron chi connectivity index (χ2n) is 4.96. The molecule has 0 aliphatic heterocycles. The number of aromatic nitrogens is 3. The SMILES string of the molecule is S=c1[nH]nc(-c2ccccc2)n1CCCc1ccccc1. The van der Waals surface area contributed by atoms with Gasteiger partial charge in [-0.05, 0) is 30.6 Å². The molecule has 3 aromatic rings. The molecule has 0 aliphatic carbocycles. The lowest BCUT2D eigenvalue weighted by atomic mass is 10.1. The van der Waals surface area contributed by atoms with Gasteiger partial charge in [0.2, 0.25) is 0 Å². The van der Waals surface area contributed by atoms with Crippen LogP contribution >= 0.6 is 12.2 Å². The van der Waals surface area contributed by atoms with E-state index >= 15 is 0 Å². The van der Waals surface area contributed by atoms with Gasteiger partial charge in [0.25, 0.3) is 0 Å². The predicted octanol–water partition coefficient (Wildman–Crippen LogP) is 4.24. The Morgan fingerprint density at radius 2 is 1.62 bits per heavy atom. The van der Waals surface area contributed by atoms with Crippen molar-refractivity contribution in [2.24, 2.45) is 0 Å². The van der Waals surface area contributed by atoms with E-state index in [0.717, 1.165) is 30.8 Å². The van der Waals surface area contributed by atoms with Crippen LogP contribution in [0.5, 0.6) is 0 Å². The number of rotatable bonds is 5. The molecule has 4 heteroatoms. The molecule has 1 aromatic heterocycles. The number of benzene rings is 2. The zero-order valence-electron chi connectivity index (χ0n) is 11.7. The second kappa shape index (κ2) is 6.50. The van der Waals surface area contributed by atoms with Gasteiger partial charge in [-0.1, -0.05) is 60.7 Å². The molecular formula is C17H17N3S. The van der Waals surface area contributed by atoms with Crippen LogP contribution < -0.4 is 0 Å². The van der Waals surface area contributed by atoms with Crippen molar-refractivity contribution in [2.75, 3.05) is 0 Å². The van der Waals surface area contributed by atoms with Crippen molar-refractivity contribution in [3.63, 3.8) is 0 Å². The summed E-state index contributed by atoms with van der Waals surface area (Å²) < 4.78 is 2.76. The molecule has 0 radical (unpaired) electrons. The molecule has 106 valence electrons. The molecule has 3 nitrogen and oxygen atoms in total. The Hall–Kier alpha value is -2.20. The Labute approximate surface area is 129 Å². The molecule has 0 saturated carbocycles. The third-order valence-corrected chi connectivity index (χ3v) is 3.79. The molecule has 2 aromatic carbocycles. The molecule has 3 rings (SSSR count). The summed E-state index contributed by atoms with van der Waals surface area (Å²) in [7, 11) is 0.